The molecule has 0 spiro atoms. The number of aryl methyl sites for hydroxylation is 1. The topological polar surface area (TPSA) is 66.5 Å². The zero-order valence-electron chi connectivity index (χ0n) is 16.7. The van der Waals surface area contributed by atoms with Gasteiger partial charge in [-0.15, -0.1) is 11.3 Å². The van der Waals surface area contributed by atoms with Crippen LogP contribution in [0.3, 0.4) is 0 Å². The SMILES string of the molecule is CCN(CC)S(=O)(=O)c1cc(C)c(C)c(NC(=O)c2cc3c(F)cccc3s2)c1. The molecule has 0 saturated carbocycles. The predicted molar refractivity (Wildman–Crippen MR) is 116 cm³/mol. The molecule has 3 rings (SSSR count). The number of hydrogen-bond acceptors (Lipinski definition) is 4. The highest BCUT2D eigenvalue weighted by atomic mass is 32.2. The van der Waals surface area contributed by atoms with Gasteiger partial charge in [0.05, 0.1) is 9.77 Å². The van der Waals surface area contributed by atoms with E-state index in [-0.39, 0.29) is 10.7 Å². The minimum Gasteiger partial charge on any atom is -0.321 e. The molecule has 0 atom stereocenters. The number of anilines is 1. The Bertz CT molecular complexity index is 1180. The van der Waals surface area contributed by atoms with Crippen LogP contribution in [0.15, 0.2) is 41.3 Å². The van der Waals surface area contributed by atoms with Crippen molar-refractivity contribution in [3.05, 3.63) is 58.2 Å². The quantitative estimate of drug-likeness (QED) is 0.598. The fourth-order valence-corrected chi connectivity index (χ4v) is 5.68. The molecule has 0 aliphatic heterocycles. The summed E-state index contributed by atoms with van der Waals surface area (Å²) in [5.74, 6) is -0.775. The summed E-state index contributed by atoms with van der Waals surface area (Å²) >= 11 is 1.19. The number of nitrogens with one attached hydrogen (secondary N) is 1. The van der Waals surface area contributed by atoms with Gasteiger partial charge in [-0.1, -0.05) is 19.9 Å². The monoisotopic (exact) mass is 434 g/mol. The van der Waals surface area contributed by atoms with E-state index in [0.29, 0.717) is 33.7 Å². The van der Waals surface area contributed by atoms with Gasteiger partial charge in [-0.05, 0) is 55.3 Å². The summed E-state index contributed by atoms with van der Waals surface area (Å²) in [6.45, 7) is 7.92. The molecule has 1 N–H and O–H groups in total. The number of hydrogen-bond donors (Lipinski definition) is 1. The van der Waals surface area contributed by atoms with Gasteiger partial charge in [-0.3, -0.25) is 4.79 Å². The first-order chi connectivity index (χ1) is 13.7. The number of sulfonamides is 1. The van der Waals surface area contributed by atoms with E-state index in [1.54, 1.807) is 39.0 Å². The van der Waals surface area contributed by atoms with E-state index in [2.05, 4.69) is 5.32 Å². The van der Waals surface area contributed by atoms with E-state index < -0.39 is 15.9 Å². The summed E-state index contributed by atoms with van der Waals surface area (Å²) in [6.07, 6.45) is 0. The first-order valence-electron chi connectivity index (χ1n) is 9.29. The van der Waals surface area contributed by atoms with Crippen LogP contribution in [0.25, 0.3) is 10.1 Å². The van der Waals surface area contributed by atoms with Crippen molar-refractivity contribution in [2.45, 2.75) is 32.6 Å². The molecule has 1 heterocycles. The zero-order chi connectivity index (χ0) is 21.3. The summed E-state index contributed by atoms with van der Waals surface area (Å²) in [5, 5.41) is 3.20. The minimum absolute atomic E-state index is 0.141. The molecule has 0 fully saturated rings. The number of rotatable bonds is 6. The average molecular weight is 435 g/mol. The van der Waals surface area contributed by atoms with Crippen LogP contribution >= 0.6 is 11.3 Å². The summed E-state index contributed by atoms with van der Waals surface area (Å²) in [6, 6.07) is 9.34. The summed E-state index contributed by atoms with van der Waals surface area (Å²) < 4.78 is 41.8. The standard InChI is InChI=1S/C21H23FN2O3S2/c1-5-24(6-2)29(26,27)15-10-13(3)14(4)18(11-15)23-21(25)20-12-16-17(22)8-7-9-19(16)28-20/h7-12H,5-6H2,1-4H3,(H,23,25). The maximum atomic E-state index is 13.9. The molecule has 29 heavy (non-hydrogen) atoms. The average Bonchev–Trinajstić information content (AvgIpc) is 3.12. The number of benzene rings is 2. The number of thiophene rings is 1. The molecule has 0 radical (unpaired) electrons. The molecule has 3 aromatic rings. The van der Waals surface area contributed by atoms with E-state index in [9.17, 15) is 17.6 Å². The molecule has 1 aromatic heterocycles. The molecule has 154 valence electrons. The lowest BCUT2D eigenvalue weighted by Crippen LogP contribution is -2.30. The van der Waals surface area contributed by atoms with Gasteiger partial charge in [0.15, 0.2) is 0 Å². The fraction of sp³-hybridized carbons (Fsp3) is 0.286. The van der Waals surface area contributed by atoms with Gasteiger partial charge in [0.2, 0.25) is 10.0 Å². The third kappa shape index (κ3) is 4.05. The molecule has 0 aliphatic rings. The molecule has 1 amide bonds. The van der Waals surface area contributed by atoms with Crippen LogP contribution in [0.1, 0.15) is 34.6 Å². The van der Waals surface area contributed by atoms with Crippen molar-refractivity contribution in [1.29, 1.82) is 0 Å². The Morgan fingerprint density at radius 1 is 1.14 bits per heavy atom. The number of halogens is 1. The van der Waals surface area contributed by atoms with E-state index in [1.165, 1.54) is 33.8 Å². The molecule has 0 unspecified atom stereocenters. The zero-order valence-corrected chi connectivity index (χ0v) is 18.4. The predicted octanol–water partition coefficient (Wildman–Crippen LogP) is 4.94. The Morgan fingerprint density at radius 2 is 1.83 bits per heavy atom. The second-order valence-corrected chi connectivity index (χ2v) is 9.74. The van der Waals surface area contributed by atoms with Crippen molar-refractivity contribution in [2.75, 3.05) is 18.4 Å². The molecule has 2 aromatic carbocycles. The number of nitrogens with zero attached hydrogens (tertiary/aromatic N) is 1. The van der Waals surface area contributed by atoms with Crippen molar-refractivity contribution in [3.8, 4) is 0 Å². The largest absolute Gasteiger partial charge is 0.321 e. The van der Waals surface area contributed by atoms with Gasteiger partial charge in [0.25, 0.3) is 5.91 Å². The summed E-state index contributed by atoms with van der Waals surface area (Å²) in [4.78, 5) is 13.3. The Morgan fingerprint density at radius 3 is 2.45 bits per heavy atom. The molecule has 0 saturated heterocycles. The number of carbonyl (C=O) groups is 1. The highest BCUT2D eigenvalue weighted by Gasteiger charge is 2.24. The maximum Gasteiger partial charge on any atom is 0.265 e. The van der Waals surface area contributed by atoms with E-state index in [0.717, 1.165) is 11.1 Å². The normalized spacial score (nSPS) is 11.9. The van der Waals surface area contributed by atoms with Crippen molar-refractivity contribution in [2.24, 2.45) is 0 Å². The minimum atomic E-state index is -3.65. The van der Waals surface area contributed by atoms with E-state index in [1.807, 2.05) is 6.92 Å². The lowest BCUT2D eigenvalue weighted by molar-refractivity contribution is 0.103. The van der Waals surface area contributed by atoms with Crippen molar-refractivity contribution >= 4 is 43.0 Å². The van der Waals surface area contributed by atoms with Crippen LogP contribution in [0.5, 0.6) is 0 Å². The summed E-state index contributed by atoms with van der Waals surface area (Å²) in [5.41, 5.74) is 1.97. The Kier molecular flexibility index (Phi) is 6.07. The third-order valence-corrected chi connectivity index (χ3v) is 8.09. The van der Waals surface area contributed by atoms with Crippen LogP contribution in [0.4, 0.5) is 10.1 Å². The highest BCUT2D eigenvalue weighted by molar-refractivity contribution is 7.89. The van der Waals surface area contributed by atoms with Crippen molar-refractivity contribution < 1.29 is 17.6 Å². The smallest absolute Gasteiger partial charge is 0.265 e. The van der Waals surface area contributed by atoms with Crippen LogP contribution in [-0.4, -0.2) is 31.7 Å². The van der Waals surface area contributed by atoms with Gasteiger partial charge >= 0.3 is 0 Å². The number of carbonyl (C=O) groups excluding carboxylic acids is 1. The molecule has 0 bridgehead atoms. The molecule has 0 aliphatic carbocycles. The first kappa shape index (κ1) is 21.4. The van der Waals surface area contributed by atoms with Crippen molar-refractivity contribution in [3.63, 3.8) is 0 Å². The lowest BCUT2D eigenvalue weighted by Gasteiger charge is -2.20. The van der Waals surface area contributed by atoms with Crippen molar-refractivity contribution in [1.82, 2.24) is 4.31 Å². The highest BCUT2D eigenvalue weighted by Crippen LogP contribution is 2.30. The Labute approximate surface area is 174 Å². The van der Waals surface area contributed by atoms with Crippen LogP contribution in [0, 0.1) is 19.7 Å². The Balaban J connectivity index is 1.99. The maximum absolute atomic E-state index is 13.9. The van der Waals surface area contributed by atoms with Crippen LogP contribution in [-0.2, 0) is 10.0 Å². The van der Waals surface area contributed by atoms with Gasteiger partial charge in [-0.25, -0.2) is 12.8 Å². The number of fused-ring (bicyclic) bond motifs is 1. The molecule has 5 nitrogen and oxygen atoms in total. The van der Waals surface area contributed by atoms with Gasteiger partial charge < -0.3 is 5.32 Å². The second-order valence-electron chi connectivity index (χ2n) is 6.72. The van der Waals surface area contributed by atoms with Crippen LogP contribution < -0.4 is 5.32 Å². The van der Waals surface area contributed by atoms with Gasteiger partial charge in [0, 0.05) is 28.9 Å². The molecular weight excluding hydrogens is 411 g/mol. The first-order valence-corrected chi connectivity index (χ1v) is 11.6. The molecule has 8 heteroatoms. The van der Waals surface area contributed by atoms with E-state index >= 15 is 0 Å². The van der Waals surface area contributed by atoms with E-state index in [4.69, 9.17) is 0 Å². The number of amides is 1. The van der Waals surface area contributed by atoms with Gasteiger partial charge in [-0.2, -0.15) is 4.31 Å². The van der Waals surface area contributed by atoms with Crippen LogP contribution in [0.2, 0.25) is 0 Å². The van der Waals surface area contributed by atoms with Gasteiger partial charge in [0.1, 0.15) is 5.82 Å². The Hall–Kier alpha value is -2.29. The third-order valence-electron chi connectivity index (χ3n) is 4.96. The lowest BCUT2D eigenvalue weighted by atomic mass is 10.1. The molecular formula is C21H23FN2O3S2. The fourth-order valence-electron chi connectivity index (χ4n) is 3.14. The second kappa shape index (κ2) is 8.22. The summed E-state index contributed by atoms with van der Waals surface area (Å²) in [7, 11) is -3.65.